The smallest absolute Gasteiger partial charge is 0.122 e. The molecule has 1 unspecified atom stereocenters. The first-order valence-electron chi connectivity index (χ1n) is 13.1. The highest BCUT2D eigenvalue weighted by Crippen LogP contribution is 2.38. The van der Waals surface area contributed by atoms with E-state index in [-0.39, 0.29) is 5.92 Å². The summed E-state index contributed by atoms with van der Waals surface area (Å²) in [4.78, 5) is 0. The number of hydrogen-bond donors (Lipinski definition) is 2. The Labute approximate surface area is 197 Å². The number of para-hydroxylation sites is 1. The van der Waals surface area contributed by atoms with E-state index in [9.17, 15) is 10.2 Å². The molecule has 178 valence electrons. The molecule has 0 amide bonds. The van der Waals surface area contributed by atoms with E-state index in [0.717, 1.165) is 29.5 Å². The van der Waals surface area contributed by atoms with Gasteiger partial charge in [0.1, 0.15) is 11.5 Å². The van der Waals surface area contributed by atoms with Crippen LogP contribution in [0.25, 0.3) is 0 Å². The van der Waals surface area contributed by atoms with Gasteiger partial charge >= 0.3 is 0 Å². The molecule has 0 saturated heterocycles. The number of unbranched alkanes of at least 4 members (excludes halogenated alkanes) is 12. The Balaban J connectivity index is 1.76. The molecule has 0 aromatic heterocycles. The molecule has 0 heterocycles. The molecule has 0 bridgehead atoms. The van der Waals surface area contributed by atoms with Gasteiger partial charge in [0.05, 0.1) is 0 Å². The molecule has 0 radical (unpaired) electrons. The third kappa shape index (κ3) is 8.88. The predicted octanol–water partition coefficient (Wildman–Crippen LogP) is 9.33. The summed E-state index contributed by atoms with van der Waals surface area (Å²) in [5.74, 6) is 0.918. The summed E-state index contributed by atoms with van der Waals surface area (Å²) in [5, 5.41) is 20.7. The zero-order chi connectivity index (χ0) is 23.2. The second-order valence-corrected chi connectivity index (χ2v) is 9.64. The van der Waals surface area contributed by atoms with Crippen LogP contribution in [0.5, 0.6) is 11.5 Å². The molecule has 2 heteroatoms. The minimum absolute atomic E-state index is 0.168. The average Bonchev–Trinajstić information content (AvgIpc) is 2.78. The number of hydrogen-bond acceptors (Lipinski definition) is 2. The van der Waals surface area contributed by atoms with Gasteiger partial charge in [-0.25, -0.2) is 0 Å². The van der Waals surface area contributed by atoms with Gasteiger partial charge in [0, 0.05) is 11.5 Å². The van der Waals surface area contributed by atoms with E-state index in [2.05, 4.69) is 19.1 Å². The van der Waals surface area contributed by atoms with Crippen molar-refractivity contribution in [3.63, 3.8) is 0 Å². The fourth-order valence-corrected chi connectivity index (χ4v) is 4.73. The van der Waals surface area contributed by atoms with Crippen molar-refractivity contribution in [2.45, 2.75) is 117 Å². The van der Waals surface area contributed by atoms with Crippen molar-refractivity contribution in [3.05, 3.63) is 58.7 Å². The minimum atomic E-state index is 0.168. The van der Waals surface area contributed by atoms with Gasteiger partial charge in [0.25, 0.3) is 0 Å². The standard InChI is InChI=1S/C30H46O2/c1-4-5-6-7-8-9-10-11-12-13-14-15-16-19-27(26-21-22-29(31)25(3)23-26)28-20-17-18-24(2)30(28)32/h17-18,20-23,27,31-32H,4-16,19H2,1-3H3. The van der Waals surface area contributed by atoms with E-state index in [1.807, 2.05) is 32.0 Å². The lowest BCUT2D eigenvalue weighted by molar-refractivity contribution is 0.455. The maximum Gasteiger partial charge on any atom is 0.122 e. The molecule has 0 aliphatic heterocycles. The monoisotopic (exact) mass is 438 g/mol. The lowest BCUT2D eigenvalue weighted by Crippen LogP contribution is -2.03. The highest BCUT2D eigenvalue weighted by atomic mass is 16.3. The number of aryl methyl sites for hydroxylation is 2. The van der Waals surface area contributed by atoms with Crippen LogP contribution in [0.15, 0.2) is 36.4 Å². The highest BCUT2D eigenvalue weighted by Gasteiger charge is 2.19. The van der Waals surface area contributed by atoms with Crippen LogP contribution < -0.4 is 0 Å². The molecule has 2 aromatic rings. The Kier molecular flexibility index (Phi) is 12.3. The second-order valence-electron chi connectivity index (χ2n) is 9.64. The molecular weight excluding hydrogens is 392 g/mol. The third-order valence-electron chi connectivity index (χ3n) is 6.86. The van der Waals surface area contributed by atoms with E-state index in [1.165, 1.54) is 82.6 Å². The molecule has 0 spiro atoms. The fraction of sp³-hybridized carbons (Fsp3) is 0.600. The van der Waals surface area contributed by atoms with Crippen LogP contribution >= 0.6 is 0 Å². The zero-order valence-corrected chi connectivity index (χ0v) is 20.8. The molecule has 0 saturated carbocycles. The van der Waals surface area contributed by atoms with Crippen molar-refractivity contribution >= 4 is 0 Å². The van der Waals surface area contributed by atoms with Crippen LogP contribution in [0.1, 0.15) is 125 Å². The quantitative estimate of drug-likeness (QED) is 0.256. The molecule has 0 aliphatic carbocycles. The van der Waals surface area contributed by atoms with Gasteiger partial charge in [-0.1, -0.05) is 121 Å². The third-order valence-corrected chi connectivity index (χ3v) is 6.86. The number of rotatable bonds is 16. The fourth-order valence-electron chi connectivity index (χ4n) is 4.73. The molecule has 32 heavy (non-hydrogen) atoms. The van der Waals surface area contributed by atoms with Crippen LogP contribution in [-0.4, -0.2) is 10.2 Å². The van der Waals surface area contributed by atoms with E-state index in [0.29, 0.717) is 11.5 Å². The number of phenolic OH excluding ortho intramolecular Hbond substituents is 2. The molecule has 2 nitrogen and oxygen atoms in total. The lowest BCUT2D eigenvalue weighted by atomic mass is 9.84. The van der Waals surface area contributed by atoms with E-state index in [4.69, 9.17) is 0 Å². The van der Waals surface area contributed by atoms with Gasteiger partial charge < -0.3 is 10.2 Å². The van der Waals surface area contributed by atoms with Crippen LogP contribution in [0.4, 0.5) is 0 Å². The summed E-state index contributed by atoms with van der Waals surface area (Å²) >= 11 is 0. The van der Waals surface area contributed by atoms with Crippen molar-refractivity contribution < 1.29 is 10.2 Å². The van der Waals surface area contributed by atoms with Crippen LogP contribution in [-0.2, 0) is 0 Å². The van der Waals surface area contributed by atoms with E-state index >= 15 is 0 Å². The van der Waals surface area contributed by atoms with E-state index < -0.39 is 0 Å². The van der Waals surface area contributed by atoms with Gasteiger partial charge in [-0.05, 0) is 43.0 Å². The molecule has 1 atom stereocenters. The molecular formula is C30H46O2. The van der Waals surface area contributed by atoms with Crippen molar-refractivity contribution in [1.82, 2.24) is 0 Å². The zero-order valence-electron chi connectivity index (χ0n) is 20.8. The first-order chi connectivity index (χ1) is 15.5. The first-order valence-corrected chi connectivity index (χ1v) is 13.1. The Morgan fingerprint density at radius 2 is 1.22 bits per heavy atom. The topological polar surface area (TPSA) is 40.5 Å². The molecule has 0 fully saturated rings. The van der Waals surface area contributed by atoms with Gasteiger partial charge in [0.15, 0.2) is 0 Å². The maximum atomic E-state index is 10.7. The maximum absolute atomic E-state index is 10.7. The Morgan fingerprint density at radius 3 is 1.78 bits per heavy atom. The largest absolute Gasteiger partial charge is 0.508 e. The van der Waals surface area contributed by atoms with Crippen LogP contribution in [0.3, 0.4) is 0 Å². The predicted molar refractivity (Wildman–Crippen MR) is 138 cm³/mol. The second kappa shape index (κ2) is 15.0. The summed E-state index contributed by atoms with van der Waals surface area (Å²) in [7, 11) is 0. The molecule has 2 rings (SSSR count). The van der Waals surface area contributed by atoms with Gasteiger partial charge in [0.2, 0.25) is 0 Å². The van der Waals surface area contributed by atoms with Gasteiger partial charge in [-0.3, -0.25) is 0 Å². The summed E-state index contributed by atoms with van der Waals surface area (Å²) in [6, 6.07) is 11.9. The van der Waals surface area contributed by atoms with Crippen LogP contribution in [0, 0.1) is 13.8 Å². The normalized spacial score (nSPS) is 12.2. The first kappa shape index (κ1) is 26.3. The van der Waals surface area contributed by atoms with Crippen molar-refractivity contribution in [3.8, 4) is 11.5 Å². The summed E-state index contributed by atoms with van der Waals surface area (Å²) < 4.78 is 0. The summed E-state index contributed by atoms with van der Waals surface area (Å²) in [6.45, 7) is 6.18. The SMILES string of the molecule is CCCCCCCCCCCCCCCC(c1ccc(O)c(C)c1)c1cccc(C)c1O. The number of phenols is 2. The number of benzene rings is 2. The lowest BCUT2D eigenvalue weighted by Gasteiger charge is -2.21. The van der Waals surface area contributed by atoms with Crippen molar-refractivity contribution in [1.29, 1.82) is 0 Å². The Bertz CT molecular complexity index is 780. The average molecular weight is 439 g/mol. The number of aromatic hydroxyl groups is 2. The molecule has 0 aliphatic rings. The molecule has 2 N–H and O–H groups in total. The van der Waals surface area contributed by atoms with Crippen molar-refractivity contribution in [2.24, 2.45) is 0 Å². The summed E-state index contributed by atoms with van der Waals surface area (Å²) in [6.07, 6.45) is 18.7. The molecule has 2 aromatic carbocycles. The summed E-state index contributed by atoms with van der Waals surface area (Å²) in [5.41, 5.74) is 4.01. The van der Waals surface area contributed by atoms with E-state index in [1.54, 1.807) is 6.07 Å². The van der Waals surface area contributed by atoms with Crippen LogP contribution in [0.2, 0.25) is 0 Å². The highest BCUT2D eigenvalue weighted by molar-refractivity contribution is 5.47. The van der Waals surface area contributed by atoms with Crippen molar-refractivity contribution in [2.75, 3.05) is 0 Å². The van der Waals surface area contributed by atoms with Gasteiger partial charge in [-0.15, -0.1) is 0 Å². The minimum Gasteiger partial charge on any atom is -0.508 e. The Hall–Kier alpha value is -1.96. The van der Waals surface area contributed by atoms with Gasteiger partial charge in [-0.2, -0.15) is 0 Å². The Morgan fingerprint density at radius 1 is 0.656 bits per heavy atom.